The summed E-state index contributed by atoms with van der Waals surface area (Å²) in [4.78, 5) is 25.4. The number of carbonyl (C=O) groups excluding carboxylic acids is 2. The molecule has 0 saturated carbocycles. The van der Waals surface area contributed by atoms with Crippen molar-refractivity contribution in [2.75, 3.05) is 0 Å². The third-order valence-electron chi connectivity index (χ3n) is 3.09. The van der Waals surface area contributed by atoms with Crippen LogP contribution in [0.4, 0.5) is 22.0 Å². The summed E-state index contributed by atoms with van der Waals surface area (Å²) in [6.45, 7) is 0.977. The van der Waals surface area contributed by atoms with Gasteiger partial charge in [-0.1, -0.05) is 18.1 Å². The van der Waals surface area contributed by atoms with E-state index >= 15 is 0 Å². The van der Waals surface area contributed by atoms with E-state index in [0.717, 1.165) is 12.1 Å². The molecule has 0 saturated heterocycles. The van der Waals surface area contributed by atoms with Gasteiger partial charge in [0.1, 0.15) is 0 Å². The molecule has 2 rings (SSSR count). The Morgan fingerprint density at radius 2 is 1.88 bits per heavy atom. The number of benzene rings is 1. The molecule has 0 unspecified atom stereocenters. The third kappa shape index (κ3) is 3.98. The Kier molecular flexibility index (Phi) is 5.14. The van der Waals surface area contributed by atoms with Gasteiger partial charge >= 0.3 is 12.1 Å². The van der Waals surface area contributed by atoms with Crippen molar-refractivity contribution in [3.63, 3.8) is 0 Å². The molecule has 0 radical (unpaired) electrons. The molecule has 0 atom stereocenters. The van der Waals surface area contributed by atoms with Gasteiger partial charge in [-0.3, -0.25) is 9.59 Å². The zero-order valence-electron chi connectivity index (χ0n) is 12.6. The van der Waals surface area contributed by atoms with E-state index < -0.39 is 53.3 Å². The summed E-state index contributed by atoms with van der Waals surface area (Å²) in [7, 11) is 0. The second-order valence-corrected chi connectivity index (χ2v) is 4.78. The monoisotopic (exact) mass is 363 g/mol. The number of hydrogen-bond acceptors (Lipinski definition) is 5. The second-order valence-electron chi connectivity index (χ2n) is 4.78. The van der Waals surface area contributed by atoms with Crippen LogP contribution < -0.4 is 5.32 Å². The first-order chi connectivity index (χ1) is 11.6. The maximum absolute atomic E-state index is 14.0. The highest BCUT2D eigenvalue weighted by molar-refractivity contribution is 6.35. The van der Waals surface area contributed by atoms with Gasteiger partial charge in [-0.2, -0.15) is 18.2 Å². The van der Waals surface area contributed by atoms with Gasteiger partial charge in [0.15, 0.2) is 11.6 Å². The third-order valence-corrected chi connectivity index (χ3v) is 3.09. The Bertz CT molecular complexity index is 817. The molecule has 0 aliphatic heterocycles. The van der Waals surface area contributed by atoms with Crippen LogP contribution in [-0.4, -0.2) is 21.8 Å². The molecule has 25 heavy (non-hydrogen) atoms. The summed E-state index contributed by atoms with van der Waals surface area (Å²) in [5.74, 6) is -7.09. The van der Waals surface area contributed by atoms with Crippen molar-refractivity contribution in [3.05, 3.63) is 35.2 Å². The fourth-order valence-electron chi connectivity index (χ4n) is 1.78. The number of Topliss-reactive ketones (excluding diaryl/α,β-unsaturated/α-hetero) is 1. The van der Waals surface area contributed by atoms with E-state index in [1.54, 1.807) is 0 Å². The van der Waals surface area contributed by atoms with Gasteiger partial charge in [0.25, 0.3) is 5.91 Å². The highest BCUT2D eigenvalue weighted by atomic mass is 19.4. The van der Waals surface area contributed by atoms with Crippen LogP contribution in [0.2, 0.25) is 0 Å². The number of aromatic nitrogens is 2. The van der Waals surface area contributed by atoms with E-state index in [1.807, 2.05) is 0 Å². The SMILES string of the molecule is CCC(=O)C(=O)NCc1ccc(-c2noc(C(F)(F)F)n2)c(F)c1F. The van der Waals surface area contributed by atoms with Gasteiger partial charge in [-0.25, -0.2) is 8.78 Å². The number of amides is 1. The van der Waals surface area contributed by atoms with Gasteiger partial charge in [-0.15, -0.1) is 0 Å². The maximum atomic E-state index is 14.0. The molecule has 0 aliphatic rings. The quantitative estimate of drug-likeness (QED) is 0.652. The van der Waals surface area contributed by atoms with Crippen molar-refractivity contribution in [1.82, 2.24) is 15.5 Å². The number of alkyl halides is 3. The zero-order chi connectivity index (χ0) is 18.8. The molecule has 6 nitrogen and oxygen atoms in total. The second kappa shape index (κ2) is 6.95. The van der Waals surface area contributed by atoms with Gasteiger partial charge in [0, 0.05) is 18.5 Å². The molecule has 11 heteroatoms. The molecule has 1 amide bonds. The Labute approximate surface area is 137 Å². The van der Waals surface area contributed by atoms with E-state index in [1.165, 1.54) is 6.92 Å². The number of nitrogens with one attached hydrogen (secondary N) is 1. The van der Waals surface area contributed by atoms with E-state index in [0.29, 0.717) is 0 Å². The summed E-state index contributed by atoms with van der Waals surface area (Å²) in [6.07, 6.45) is -4.97. The van der Waals surface area contributed by atoms with Crippen LogP contribution in [0.15, 0.2) is 16.7 Å². The lowest BCUT2D eigenvalue weighted by Crippen LogP contribution is -2.30. The van der Waals surface area contributed by atoms with Crippen molar-refractivity contribution < 1.29 is 36.1 Å². The van der Waals surface area contributed by atoms with Crippen LogP contribution in [0.1, 0.15) is 24.8 Å². The average Bonchev–Trinajstić information content (AvgIpc) is 3.05. The van der Waals surface area contributed by atoms with E-state index in [9.17, 15) is 31.5 Å². The molecule has 2 aromatic rings. The Hall–Kier alpha value is -2.85. The predicted octanol–water partition coefficient (Wildman–Crippen LogP) is 2.63. The molecule has 1 aromatic heterocycles. The molecular formula is C14H10F5N3O3. The highest BCUT2D eigenvalue weighted by Gasteiger charge is 2.38. The summed E-state index contributed by atoms with van der Waals surface area (Å²) in [5, 5.41) is 5.07. The van der Waals surface area contributed by atoms with Crippen molar-refractivity contribution in [2.24, 2.45) is 0 Å². The van der Waals surface area contributed by atoms with Crippen molar-refractivity contribution >= 4 is 11.7 Å². The molecule has 0 fully saturated rings. The van der Waals surface area contributed by atoms with Gasteiger partial charge < -0.3 is 9.84 Å². The Balaban J connectivity index is 2.24. The van der Waals surface area contributed by atoms with E-state index in [2.05, 4.69) is 20.0 Å². The first kappa shape index (κ1) is 18.5. The van der Waals surface area contributed by atoms with Gasteiger partial charge in [0.2, 0.25) is 11.6 Å². The topological polar surface area (TPSA) is 85.1 Å². The minimum Gasteiger partial charge on any atom is -0.345 e. The molecule has 1 aromatic carbocycles. The van der Waals surface area contributed by atoms with Crippen LogP contribution >= 0.6 is 0 Å². The van der Waals surface area contributed by atoms with Gasteiger partial charge in [-0.05, 0) is 6.07 Å². The lowest BCUT2D eigenvalue weighted by Gasteiger charge is -2.07. The Morgan fingerprint density at radius 3 is 2.44 bits per heavy atom. The highest BCUT2D eigenvalue weighted by Crippen LogP contribution is 2.30. The normalized spacial score (nSPS) is 11.4. The molecular weight excluding hydrogens is 353 g/mol. The Morgan fingerprint density at radius 1 is 1.20 bits per heavy atom. The molecule has 1 N–H and O–H groups in total. The number of halogens is 5. The molecule has 1 heterocycles. The summed E-state index contributed by atoms with van der Waals surface area (Å²) in [6, 6.07) is 1.96. The average molecular weight is 363 g/mol. The van der Waals surface area contributed by atoms with Crippen LogP contribution in [0.3, 0.4) is 0 Å². The van der Waals surface area contributed by atoms with Crippen LogP contribution in [-0.2, 0) is 22.3 Å². The minimum atomic E-state index is -4.92. The van der Waals surface area contributed by atoms with Crippen LogP contribution in [0, 0.1) is 11.6 Å². The lowest BCUT2D eigenvalue weighted by molar-refractivity contribution is -0.159. The zero-order valence-corrected chi connectivity index (χ0v) is 12.6. The fourth-order valence-corrected chi connectivity index (χ4v) is 1.78. The molecule has 0 bridgehead atoms. The number of nitrogens with zero attached hydrogens (tertiary/aromatic N) is 2. The largest absolute Gasteiger partial charge is 0.471 e. The summed E-state index contributed by atoms with van der Waals surface area (Å²) in [5.41, 5.74) is -0.950. The molecule has 134 valence electrons. The van der Waals surface area contributed by atoms with Gasteiger partial charge in [0.05, 0.1) is 5.56 Å². The summed E-state index contributed by atoms with van der Waals surface area (Å²) >= 11 is 0. The summed E-state index contributed by atoms with van der Waals surface area (Å²) < 4.78 is 69.2. The van der Waals surface area contributed by atoms with Crippen molar-refractivity contribution in [3.8, 4) is 11.4 Å². The van der Waals surface area contributed by atoms with Crippen molar-refractivity contribution in [2.45, 2.75) is 26.1 Å². The van der Waals surface area contributed by atoms with Crippen molar-refractivity contribution in [1.29, 1.82) is 0 Å². The number of ketones is 1. The van der Waals surface area contributed by atoms with E-state index in [4.69, 9.17) is 0 Å². The van der Waals surface area contributed by atoms with Crippen LogP contribution in [0.5, 0.6) is 0 Å². The first-order valence-electron chi connectivity index (χ1n) is 6.84. The van der Waals surface area contributed by atoms with E-state index in [-0.39, 0.29) is 12.0 Å². The molecule has 0 spiro atoms. The first-order valence-corrected chi connectivity index (χ1v) is 6.84. The smallest absolute Gasteiger partial charge is 0.345 e. The number of carbonyl (C=O) groups is 2. The predicted molar refractivity (Wildman–Crippen MR) is 71.8 cm³/mol. The standard InChI is InChI=1S/C14H10F5N3O3/c1-2-8(23)12(24)20-5-6-3-4-7(10(16)9(6)15)11-21-13(25-22-11)14(17,18)19/h3-4H,2,5H2,1H3,(H,20,24). The number of rotatable bonds is 5. The maximum Gasteiger partial charge on any atom is 0.471 e. The van der Waals surface area contributed by atoms with Crippen LogP contribution in [0.25, 0.3) is 11.4 Å². The minimum absolute atomic E-state index is 0.0546. The lowest BCUT2D eigenvalue weighted by atomic mass is 10.1. The molecule has 0 aliphatic carbocycles. The fraction of sp³-hybridized carbons (Fsp3) is 0.286. The number of hydrogen-bond donors (Lipinski definition) is 1.